The topological polar surface area (TPSA) is 73.9 Å². The first-order valence-electron chi connectivity index (χ1n) is 13.5. The molecule has 0 aliphatic heterocycles. The van der Waals surface area contributed by atoms with Crippen LogP contribution in [0.15, 0.2) is 54.6 Å². The molecule has 204 valence electrons. The summed E-state index contributed by atoms with van der Waals surface area (Å²) in [6, 6.07) is 17.1. The SMILES string of the molecule is COc1ccc2cc(C(C)C(=O)C(=O)NCc3ccc(OCCCCCCC(C)C)c(OC)c3)ccc2c1. The van der Waals surface area contributed by atoms with Gasteiger partial charge in [0.15, 0.2) is 11.5 Å². The second-order valence-electron chi connectivity index (χ2n) is 10.2. The molecule has 0 saturated carbocycles. The van der Waals surface area contributed by atoms with E-state index in [9.17, 15) is 9.59 Å². The number of unbranched alkanes of at least 4 members (excludes halogenated alkanes) is 3. The molecule has 0 saturated heterocycles. The normalized spacial score (nSPS) is 11.8. The van der Waals surface area contributed by atoms with Crippen LogP contribution in [0, 0.1) is 5.92 Å². The third kappa shape index (κ3) is 8.23. The molecule has 38 heavy (non-hydrogen) atoms. The number of fused-ring (bicyclic) bond motifs is 1. The zero-order valence-electron chi connectivity index (χ0n) is 23.3. The first kappa shape index (κ1) is 29.0. The molecule has 1 atom stereocenters. The molecule has 1 N–H and O–H groups in total. The average molecular weight is 520 g/mol. The lowest BCUT2D eigenvalue weighted by atomic mass is 9.94. The highest BCUT2D eigenvalue weighted by Gasteiger charge is 2.23. The summed E-state index contributed by atoms with van der Waals surface area (Å²) >= 11 is 0. The van der Waals surface area contributed by atoms with Gasteiger partial charge in [0.2, 0.25) is 5.78 Å². The molecule has 0 radical (unpaired) electrons. The predicted octanol–water partition coefficient (Wildman–Crippen LogP) is 6.83. The van der Waals surface area contributed by atoms with E-state index in [2.05, 4.69) is 19.2 Å². The van der Waals surface area contributed by atoms with E-state index in [1.807, 2.05) is 54.6 Å². The summed E-state index contributed by atoms with van der Waals surface area (Å²) in [5.41, 5.74) is 1.63. The number of nitrogens with one attached hydrogen (secondary N) is 1. The molecule has 6 heteroatoms. The summed E-state index contributed by atoms with van der Waals surface area (Å²) in [7, 11) is 3.23. The lowest BCUT2D eigenvalue weighted by Gasteiger charge is -2.14. The molecule has 0 spiro atoms. The second-order valence-corrected chi connectivity index (χ2v) is 10.2. The maximum atomic E-state index is 12.8. The third-order valence-electron chi connectivity index (χ3n) is 6.80. The van der Waals surface area contributed by atoms with Crippen molar-refractivity contribution in [3.05, 3.63) is 65.7 Å². The molecule has 0 aliphatic carbocycles. The number of amides is 1. The van der Waals surface area contributed by atoms with Crippen LogP contribution in [0.25, 0.3) is 10.8 Å². The van der Waals surface area contributed by atoms with Gasteiger partial charge >= 0.3 is 0 Å². The summed E-state index contributed by atoms with van der Waals surface area (Å²) < 4.78 is 16.7. The Labute approximate surface area is 226 Å². The second kappa shape index (κ2) is 14.4. The number of Topliss-reactive ketones (excluding diaryl/α,β-unsaturated/α-hetero) is 1. The maximum absolute atomic E-state index is 12.8. The molecule has 0 heterocycles. The predicted molar refractivity (Wildman–Crippen MR) is 152 cm³/mol. The number of rotatable bonds is 15. The number of ether oxygens (including phenoxy) is 3. The Morgan fingerprint density at radius 2 is 1.53 bits per heavy atom. The fourth-order valence-electron chi connectivity index (χ4n) is 4.39. The van der Waals surface area contributed by atoms with Crippen molar-refractivity contribution in [1.82, 2.24) is 5.32 Å². The van der Waals surface area contributed by atoms with Gasteiger partial charge in [-0.15, -0.1) is 0 Å². The summed E-state index contributed by atoms with van der Waals surface area (Å²) in [4.78, 5) is 25.5. The lowest BCUT2D eigenvalue weighted by Crippen LogP contribution is -2.33. The number of carbonyl (C=O) groups is 2. The van der Waals surface area contributed by atoms with Crippen LogP contribution in [0.5, 0.6) is 17.2 Å². The van der Waals surface area contributed by atoms with Crippen molar-refractivity contribution in [3.63, 3.8) is 0 Å². The van der Waals surface area contributed by atoms with Crippen molar-refractivity contribution < 1.29 is 23.8 Å². The smallest absolute Gasteiger partial charge is 0.288 e. The fraction of sp³-hybridized carbons (Fsp3) is 0.438. The van der Waals surface area contributed by atoms with E-state index in [0.717, 1.165) is 46.4 Å². The van der Waals surface area contributed by atoms with E-state index in [4.69, 9.17) is 14.2 Å². The van der Waals surface area contributed by atoms with Crippen LogP contribution in [0.1, 0.15) is 69.9 Å². The Balaban J connectivity index is 1.51. The number of methoxy groups -OCH3 is 2. The van der Waals surface area contributed by atoms with Crippen molar-refractivity contribution in [1.29, 1.82) is 0 Å². The maximum Gasteiger partial charge on any atom is 0.288 e. The molecule has 3 rings (SSSR count). The molecule has 1 unspecified atom stereocenters. The molecule has 3 aromatic rings. The minimum absolute atomic E-state index is 0.224. The van der Waals surface area contributed by atoms with Crippen LogP contribution in [-0.4, -0.2) is 32.5 Å². The first-order valence-corrected chi connectivity index (χ1v) is 13.5. The molecule has 1 amide bonds. The van der Waals surface area contributed by atoms with Gasteiger partial charge in [-0.05, 0) is 58.5 Å². The summed E-state index contributed by atoms with van der Waals surface area (Å²) in [6.45, 7) is 7.14. The Bertz CT molecular complexity index is 1220. The standard InChI is InChI=1S/C32H41NO5/c1-22(2)10-8-6-7-9-17-38-29-16-11-24(18-30(29)37-5)21-33-32(35)31(34)23(3)25-12-13-27-20-28(36-4)15-14-26(27)19-25/h11-16,18-20,22-23H,6-10,17,21H2,1-5H3,(H,33,35). The van der Waals surface area contributed by atoms with Gasteiger partial charge < -0.3 is 19.5 Å². The largest absolute Gasteiger partial charge is 0.497 e. The monoisotopic (exact) mass is 519 g/mol. The molecule has 6 nitrogen and oxygen atoms in total. The van der Waals surface area contributed by atoms with Crippen LogP contribution >= 0.6 is 0 Å². The number of benzene rings is 3. The van der Waals surface area contributed by atoms with Crippen molar-refractivity contribution in [2.75, 3.05) is 20.8 Å². The molecule has 0 aliphatic rings. The van der Waals surface area contributed by atoms with Gasteiger partial charge in [-0.2, -0.15) is 0 Å². The van der Waals surface area contributed by atoms with Crippen molar-refractivity contribution in [3.8, 4) is 17.2 Å². The third-order valence-corrected chi connectivity index (χ3v) is 6.80. The Morgan fingerprint density at radius 1 is 0.789 bits per heavy atom. The number of ketones is 1. The zero-order chi connectivity index (χ0) is 27.5. The van der Waals surface area contributed by atoms with Crippen LogP contribution in [0.2, 0.25) is 0 Å². The van der Waals surface area contributed by atoms with Gasteiger partial charge in [0.1, 0.15) is 5.75 Å². The molecule has 3 aromatic carbocycles. The van der Waals surface area contributed by atoms with E-state index in [0.29, 0.717) is 18.1 Å². The number of carbonyl (C=O) groups excluding carboxylic acids is 2. The minimum Gasteiger partial charge on any atom is -0.497 e. The highest BCUT2D eigenvalue weighted by Crippen LogP contribution is 2.29. The Hall–Kier alpha value is -3.54. The first-order chi connectivity index (χ1) is 18.3. The van der Waals surface area contributed by atoms with Crippen molar-refractivity contribution >= 4 is 22.5 Å². The van der Waals surface area contributed by atoms with Crippen LogP contribution in [0.4, 0.5) is 0 Å². The van der Waals surface area contributed by atoms with Crippen LogP contribution < -0.4 is 19.5 Å². The highest BCUT2D eigenvalue weighted by molar-refractivity contribution is 6.38. The summed E-state index contributed by atoms with van der Waals surface area (Å²) in [5.74, 6) is 1.19. The molecular weight excluding hydrogens is 478 g/mol. The summed E-state index contributed by atoms with van der Waals surface area (Å²) in [5, 5.41) is 4.75. The molecule has 0 aromatic heterocycles. The van der Waals surface area contributed by atoms with E-state index in [1.54, 1.807) is 21.1 Å². The van der Waals surface area contributed by atoms with E-state index >= 15 is 0 Å². The molecule has 0 fully saturated rings. The highest BCUT2D eigenvalue weighted by atomic mass is 16.5. The van der Waals surface area contributed by atoms with Crippen molar-refractivity contribution in [2.45, 2.75) is 65.3 Å². The lowest BCUT2D eigenvalue weighted by molar-refractivity contribution is -0.138. The van der Waals surface area contributed by atoms with Gasteiger partial charge in [0, 0.05) is 12.5 Å². The average Bonchev–Trinajstić information content (AvgIpc) is 2.94. The minimum atomic E-state index is -0.607. The van der Waals surface area contributed by atoms with E-state index in [1.165, 1.54) is 19.3 Å². The zero-order valence-corrected chi connectivity index (χ0v) is 23.3. The number of hydrogen-bond acceptors (Lipinski definition) is 5. The number of hydrogen-bond donors (Lipinski definition) is 1. The van der Waals surface area contributed by atoms with E-state index in [-0.39, 0.29) is 6.54 Å². The summed E-state index contributed by atoms with van der Waals surface area (Å²) in [6.07, 6.45) is 5.92. The van der Waals surface area contributed by atoms with Crippen LogP contribution in [-0.2, 0) is 16.1 Å². The van der Waals surface area contributed by atoms with Crippen LogP contribution in [0.3, 0.4) is 0 Å². The Morgan fingerprint density at radius 3 is 2.26 bits per heavy atom. The van der Waals surface area contributed by atoms with Gasteiger partial charge in [0.05, 0.1) is 20.8 Å². The Kier molecular flexibility index (Phi) is 11.0. The van der Waals surface area contributed by atoms with Crippen molar-refractivity contribution in [2.24, 2.45) is 5.92 Å². The molecular formula is C32H41NO5. The van der Waals surface area contributed by atoms with Gasteiger partial charge in [-0.3, -0.25) is 9.59 Å². The van der Waals surface area contributed by atoms with Gasteiger partial charge in [-0.1, -0.05) is 76.8 Å². The van der Waals surface area contributed by atoms with E-state index < -0.39 is 17.6 Å². The quantitative estimate of drug-likeness (QED) is 0.176. The van der Waals surface area contributed by atoms with Gasteiger partial charge in [-0.25, -0.2) is 0 Å². The van der Waals surface area contributed by atoms with Gasteiger partial charge in [0.25, 0.3) is 5.91 Å². The fourth-order valence-corrected chi connectivity index (χ4v) is 4.39. The molecule has 0 bridgehead atoms.